The van der Waals surface area contributed by atoms with Gasteiger partial charge < -0.3 is 19.7 Å². The molecule has 11 heteroatoms. The van der Waals surface area contributed by atoms with Crippen LogP contribution in [0.2, 0.25) is 0 Å². The topological polar surface area (TPSA) is 105 Å². The zero-order valence-corrected chi connectivity index (χ0v) is 26.6. The van der Waals surface area contributed by atoms with Crippen LogP contribution in [0.3, 0.4) is 0 Å². The van der Waals surface area contributed by atoms with Crippen LogP contribution >= 0.6 is 15.9 Å². The van der Waals surface area contributed by atoms with E-state index >= 15 is 0 Å². The highest BCUT2D eigenvalue weighted by Crippen LogP contribution is 2.36. The van der Waals surface area contributed by atoms with E-state index in [0.29, 0.717) is 11.5 Å². The minimum absolute atomic E-state index is 0.0305. The van der Waals surface area contributed by atoms with E-state index < -0.39 is 34.1 Å². The van der Waals surface area contributed by atoms with E-state index in [-0.39, 0.29) is 37.1 Å². The quantitative estimate of drug-likeness (QED) is 0.315. The average molecular weight is 659 g/mol. The first-order valence-electron chi connectivity index (χ1n) is 13.7. The Bertz CT molecular complexity index is 1530. The molecule has 9 nitrogen and oxygen atoms in total. The molecule has 0 fully saturated rings. The number of fused-ring (bicyclic) bond motifs is 1. The second-order valence-electron chi connectivity index (χ2n) is 11.0. The number of nitrogens with zero attached hydrogens (tertiary/aromatic N) is 2. The number of ether oxygens (including phenoxy) is 2. The lowest BCUT2D eigenvalue weighted by Gasteiger charge is -2.35. The Morgan fingerprint density at radius 1 is 0.952 bits per heavy atom. The number of hydrogen-bond acceptors (Lipinski definition) is 6. The van der Waals surface area contributed by atoms with Gasteiger partial charge in [0.1, 0.15) is 12.6 Å². The maximum Gasteiger partial charge on any atom is 0.244 e. The van der Waals surface area contributed by atoms with E-state index in [1.165, 1.54) is 11.8 Å². The molecular formula is C31H36BrN3O6S. The van der Waals surface area contributed by atoms with E-state index in [0.717, 1.165) is 19.9 Å². The number of sulfonamides is 1. The van der Waals surface area contributed by atoms with E-state index in [1.54, 1.807) is 18.2 Å². The predicted molar refractivity (Wildman–Crippen MR) is 166 cm³/mol. The molecule has 0 saturated heterocycles. The van der Waals surface area contributed by atoms with Gasteiger partial charge in [-0.2, -0.15) is 0 Å². The summed E-state index contributed by atoms with van der Waals surface area (Å²) in [5, 5.41) is 3.02. The summed E-state index contributed by atoms with van der Waals surface area (Å²) >= 11 is 3.49. The molecule has 0 bridgehead atoms. The largest absolute Gasteiger partial charge is 0.454 e. The first-order chi connectivity index (χ1) is 19.9. The lowest BCUT2D eigenvalue weighted by atomic mass is 10.0. The molecule has 0 spiro atoms. The fraction of sp³-hybridized carbons (Fsp3) is 0.355. The van der Waals surface area contributed by atoms with E-state index in [9.17, 15) is 18.0 Å². The van der Waals surface area contributed by atoms with Crippen molar-refractivity contribution in [1.82, 2.24) is 10.2 Å². The van der Waals surface area contributed by atoms with Crippen molar-refractivity contribution in [3.05, 3.63) is 88.4 Å². The first kappa shape index (κ1) is 31.4. The zero-order chi connectivity index (χ0) is 30.5. The van der Waals surface area contributed by atoms with Gasteiger partial charge >= 0.3 is 0 Å². The van der Waals surface area contributed by atoms with Gasteiger partial charge in [-0.25, -0.2) is 8.42 Å². The summed E-state index contributed by atoms with van der Waals surface area (Å²) in [4.78, 5) is 29.6. The summed E-state index contributed by atoms with van der Waals surface area (Å²) in [5.41, 5.74) is 1.37. The summed E-state index contributed by atoms with van der Waals surface area (Å²) in [7, 11) is -3.89. The van der Waals surface area contributed by atoms with Gasteiger partial charge in [-0.05, 0) is 63.1 Å². The molecule has 0 aliphatic carbocycles. The standard InChI is InChI=1S/C31H36BrN3O6S/c1-5-42(38,39)35(25-14-15-27-28(18-25)41-21-40-27)20-29(36)34(19-23-12-9-13-24(32)16-23)26(30(37)33-31(2,3)4)17-22-10-7-6-8-11-22/h6-16,18,26H,5,17,19-21H2,1-4H3,(H,33,37)/t26-/m1/s1. The summed E-state index contributed by atoms with van der Waals surface area (Å²) in [6.07, 6.45) is 0.243. The van der Waals surface area contributed by atoms with Crippen LogP contribution in [0.4, 0.5) is 5.69 Å². The van der Waals surface area contributed by atoms with Crippen molar-refractivity contribution in [2.45, 2.75) is 52.2 Å². The number of anilines is 1. The monoisotopic (exact) mass is 657 g/mol. The summed E-state index contributed by atoms with van der Waals surface area (Å²) in [6.45, 7) is 6.77. The molecule has 3 aromatic rings. The Labute approximate surface area is 256 Å². The van der Waals surface area contributed by atoms with Gasteiger partial charge in [0.2, 0.25) is 28.6 Å². The van der Waals surface area contributed by atoms with Crippen molar-refractivity contribution >= 4 is 43.5 Å². The first-order valence-corrected chi connectivity index (χ1v) is 16.1. The molecule has 2 amide bonds. The number of rotatable bonds is 11. The molecule has 1 aliphatic heterocycles. The Kier molecular flexibility index (Phi) is 9.83. The third-order valence-electron chi connectivity index (χ3n) is 6.63. The second-order valence-corrected chi connectivity index (χ2v) is 14.1. The Balaban J connectivity index is 1.76. The van der Waals surface area contributed by atoms with E-state index in [2.05, 4.69) is 21.2 Å². The van der Waals surface area contributed by atoms with Crippen molar-refractivity contribution in [3.63, 3.8) is 0 Å². The minimum atomic E-state index is -3.89. The van der Waals surface area contributed by atoms with Gasteiger partial charge in [-0.15, -0.1) is 0 Å². The molecule has 4 rings (SSSR count). The molecular weight excluding hydrogens is 622 g/mol. The minimum Gasteiger partial charge on any atom is -0.454 e. The van der Waals surface area contributed by atoms with Crippen LogP contribution in [-0.2, 0) is 32.6 Å². The van der Waals surface area contributed by atoms with Crippen molar-refractivity contribution in [3.8, 4) is 11.5 Å². The Morgan fingerprint density at radius 3 is 2.31 bits per heavy atom. The maximum atomic E-state index is 14.3. The van der Waals surface area contributed by atoms with Crippen LogP contribution in [0, 0.1) is 0 Å². The molecule has 0 radical (unpaired) electrons. The molecule has 42 heavy (non-hydrogen) atoms. The lowest BCUT2D eigenvalue weighted by molar-refractivity contribution is -0.140. The normalized spacial score (nSPS) is 13.4. The molecule has 0 aromatic heterocycles. The molecule has 1 heterocycles. The summed E-state index contributed by atoms with van der Waals surface area (Å²) in [5.74, 6) is -0.179. The smallest absolute Gasteiger partial charge is 0.244 e. The van der Waals surface area contributed by atoms with Crippen LogP contribution in [0.15, 0.2) is 77.3 Å². The van der Waals surface area contributed by atoms with Crippen LogP contribution in [0.25, 0.3) is 0 Å². The Morgan fingerprint density at radius 2 is 1.64 bits per heavy atom. The van der Waals surface area contributed by atoms with Crippen molar-refractivity contribution < 1.29 is 27.5 Å². The SMILES string of the molecule is CCS(=O)(=O)N(CC(=O)N(Cc1cccc(Br)c1)[C@H](Cc1ccccc1)C(=O)NC(C)(C)C)c1ccc2c(c1)OCO2. The predicted octanol–water partition coefficient (Wildman–Crippen LogP) is 4.89. The third-order valence-corrected chi connectivity index (χ3v) is 8.87. The molecule has 3 aromatic carbocycles. The Hall–Kier alpha value is -3.57. The van der Waals surface area contributed by atoms with Crippen molar-refractivity contribution in [2.24, 2.45) is 0 Å². The highest BCUT2D eigenvalue weighted by atomic mass is 79.9. The second kappa shape index (κ2) is 13.2. The molecule has 224 valence electrons. The van der Waals surface area contributed by atoms with Gasteiger partial charge in [-0.1, -0.05) is 58.4 Å². The van der Waals surface area contributed by atoms with E-state index in [1.807, 2.05) is 75.4 Å². The van der Waals surface area contributed by atoms with Crippen LogP contribution in [0.1, 0.15) is 38.8 Å². The maximum absolute atomic E-state index is 14.3. The number of halogens is 1. The highest BCUT2D eigenvalue weighted by molar-refractivity contribution is 9.10. The highest BCUT2D eigenvalue weighted by Gasteiger charge is 2.35. The number of carbonyl (C=O) groups is 2. The van der Waals surface area contributed by atoms with Gasteiger partial charge in [0.15, 0.2) is 11.5 Å². The number of hydrogen-bond donors (Lipinski definition) is 1. The molecule has 0 unspecified atom stereocenters. The summed E-state index contributed by atoms with van der Waals surface area (Å²) in [6, 6.07) is 20.8. The van der Waals surface area contributed by atoms with Crippen LogP contribution in [0.5, 0.6) is 11.5 Å². The van der Waals surface area contributed by atoms with Gasteiger partial charge in [0.05, 0.1) is 11.4 Å². The van der Waals surface area contributed by atoms with Gasteiger partial charge in [0, 0.05) is 29.0 Å². The molecule has 1 N–H and O–H groups in total. The van der Waals surface area contributed by atoms with Gasteiger partial charge in [-0.3, -0.25) is 13.9 Å². The van der Waals surface area contributed by atoms with Gasteiger partial charge in [0.25, 0.3) is 0 Å². The fourth-order valence-electron chi connectivity index (χ4n) is 4.60. The average Bonchev–Trinajstić information content (AvgIpc) is 3.41. The molecule has 1 atom stereocenters. The van der Waals surface area contributed by atoms with E-state index in [4.69, 9.17) is 9.47 Å². The lowest BCUT2D eigenvalue weighted by Crippen LogP contribution is -2.56. The zero-order valence-electron chi connectivity index (χ0n) is 24.2. The number of amides is 2. The van der Waals surface area contributed by atoms with Crippen LogP contribution in [-0.4, -0.2) is 55.8 Å². The molecule has 1 aliphatic rings. The number of nitrogens with one attached hydrogen (secondary N) is 1. The molecule has 0 saturated carbocycles. The van der Waals surface area contributed by atoms with Crippen molar-refractivity contribution in [2.75, 3.05) is 23.4 Å². The third kappa shape index (κ3) is 8.04. The number of benzene rings is 3. The fourth-order valence-corrected chi connectivity index (χ4v) is 6.10. The van der Waals surface area contributed by atoms with Crippen molar-refractivity contribution in [1.29, 1.82) is 0 Å². The van der Waals surface area contributed by atoms with Crippen LogP contribution < -0.4 is 19.1 Å². The number of carbonyl (C=O) groups excluding carboxylic acids is 2. The summed E-state index contributed by atoms with van der Waals surface area (Å²) < 4.78 is 39.4.